The maximum absolute atomic E-state index is 6.34. The minimum absolute atomic E-state index is 0.310. The largest absolute Gasteiger partial charge is 0.451 e. The van der Waals surface area contributed by atoms with Crippen molar-refractivity contribution in [2.75, 3.05) is 10.6 Å². The Labute approximate surface area is 141 Å². The van der Waals surface area contributed by atoms with Gasteiger partial charge in [-0.3, -0.25) is 4.68 Å². The summed E-state index contributed by atoms with van der Waals surface area (Å²) in [4.78, 5) is 11.1. The quantitative estimate of drug-likeness (QED) is 0.536. The van der Waals surface area contributed by atoms with Crippen molar-refractivity contribution < 1.29 is 4.42 Å². The Bertz CT molecular complexity index is 1110. The second kappa shape index (κ2) is 4.61. The van der Waals surface area contributed by atoms with Gasteiger partial charge in [-0.25, -0.2) is 4.98 Å². The fraction of sp³-hybridized carbons (Fsp3) is 0.188. The lowest BCUT2D eigenvalue weighted by atomic mass is 10.2. The Hall–Kier alpha value is -2.80. The van der Waals surface area contributed by atoms with Crippen molar-refractivity contribution in [3.05, 3.63) is 40.7 Å². The summed E-state index contributed by atoms with van der Waals surface area (Å²) in [7, 11) is 1.84. The van der Waals surface area contributed by atoms with Gasteiger partial charge in [0, 0.05) is 18.0 Å². The van der Waals surface area contributed by atoms with Gasteiger partial charge < -0.3 is 15.1 Å². The number of furan rings is 1. The topological polar surface area (TPSA) is 86.0 Å². The average Bonchev–Trinajstić information content (AvgIpc) is 3.22. The molecule has 0 saturated heterocycles. The molecule has 24 heavy (non-hydrogen) atoms. The molecule has 4 heterocycles. The average molecular weight is 341 g/mol. The zero-order valence-electron chi connectivity index (χ0n) is 12.8. The van der Waals surface area contributed by atoms with Crippen LogP contribution in [0, 0.1) is 0 Å². The van der Waals surface area contributed by atoms with Gasteiger partial charge in [-0.2, -0.15) is 10.1 Å². The highest BCUT2D eigenvalue weighted by atomic mass is 35.5. The van der Waals surface area contributed by atoms with Crippen molar-refractivity contribution in [1.82, 2.24) is 19.7 Å². The Kier molecular flexibility index (Phi) is 2.62. The Balaban J connectivity index is 1.64. The van der Waals surface area contributed by atoms with Crippen LogP contribution in [0.4, 0.5) is 11.8 Å². The van der Waals surface area contributed by atoms with Crippen molar-refractivity contribution in [3.63, 3.8) is 0 Å². The molecular formula is C16H13ClN6O. The van der Waals surface area contributed by atoms with E-state index in [0.717, 1.165) is 27.7 Å². The Morgan fingerprint density at radius 1 is 1.21 bits per heavy atom. The van der Waals surface area contributed by atoms with E-state index in [1.165, 1.54) is 0 Å². The lowest BCUT2D eigenvalue weighted by Crippen LogP contribution is -2.19. The fourth-order valence-corrected chi connectivity index (χ4v) is 3.40. The molecule has 1 aliphatic heterocycles. The van der Waals surface area contributed by atoms with Crippen LogP contribution in [0.25, 0.3) is 22.1 Å². The van der Waals surface area contributed by atoms with E-state index in [2.05, 4.69) is 15.1 Å². The monoisotopic (exact) mass is 340 g/mol. The van der Waals surface area contributed by atoms with Gasteiger partial charge in [-0.1, -0.05) is 23.7 Å². The van der Waals surface area contributed by atoms with Crippen LogP contribution in [-0.4, -0.2) is 19.7 Å². The van der Waals surface area contributed by atoms with Crippen molar-refractivity contribution in [3.8, 4) is 0 Å². The molecule has 0 atom stereocenters. The summed E-state index contributed by atoms with van der Waals surface area (Å²) in [6, 6.07) is 7.72. The number of fused-ring (bicyclic) bond motifs is 4. The number of halogens is 1. The fourth-order valence-electron chi connectivity index (χ4n) is 3.19. The van der Waals surface area contributed by atoms with Crippen molar-refractivity contribution in [1.29, 1.82) is 0 Å². The number of hydrogen-bond acceptors (Lipinski definition) is 6. The number of benzene rings is 1. The number of aryl methyl sites for hydroxylation is 1. The van der Waals surface area contributed by atoms with Crippen molar-refractivity contribution in [2.45, 2.75) is 13.1 Å². The molecule has 5 rings (SSSR count). The molecule has 2 N–H and O–H groups in total. The minimum Gasteiger partial charge on any atom is -0.451 e. The number of hydrogen-bond donors (Lipinski definition) is 1. The molecule has 1 aliphatic rings. The first-order valence-electron chi connectivity index (χ1n) is 7.52. The number of anilines is 2. The van der Waals surface area contributed by atoms with E-state index in [0.29, 0.717) is 35.6 Å². The molecule has 1 aromatic carbocycles. The molecule has 7 nitrogen and oxygen atoms in total. The predicted octanol–water partition coefficient (Wildman–Crippen LogP) is 2.87. The molecule has 0 amide bonds. The van der Waals surface area contributed by atoms with Gasteiger partial charge in [0.15, 0.2) is 10.7 Å². The van der Waals surface area contributed by atoms with Crippen LogP contribution in [0.5, 0.6) is 0 Å². The first-order valence-corrected chi connectivity index (χ1v) is 7.89. The zero-order chi connectivity index (χ0) is 16.4. The maximum atomic E-state index is 6.34. The summed E-state index contributed by atoms with van der Waals surface area (Å²) in [5.41, 5.74) is 10.0. The van der Waals surface area contributed by atoms with Crippen LogP contribution >= 0.6 is 11.6 Å². The van der Waals surface area contributed by atoms with Gasteiger partial charge in [0.05, 0.1) is 18.8 Å². The van der Waals surface area contributed by atoms with Gasteiger partial charge in [-0.15, -0.1) is 0 Å². The normalized spacial score (nSPS) is 14.0. The third-order valence-corrected chi connectivity index (χ3v) is 4.67. The minimum atomic E-state index is 0.310. The SMILES string of the molecule is Cn1nc2c(c1N)CN(c1nc(Cl)c3oc4ccccc4c3n1)C2. The van der Waals surface area contributed by atoms with E-state index in [4.69, 9.17) is 21.8 Å². The number of nitrogen functional groups attached to an aromatic ring is 1. The van der Waals surface area contributed by atoms with Crippen LogP contribution in [0.2, 0.25) is 5.15 Å². The summed E-state index contributed by atoms with van der Waals surface area (Å²) in [6.07, 6.45) is 0. The molecule has 0 aliphatic carbocycles. The first-order chi connectivity index (χ1) is 11.6. The molecule has 0 fully saturated rings. The predicted molar refractivity (Wildman–Crippen MR) is 91.8 cm³/mol. The van der Waals surface area contributed by atoms with E-state index >= 15 is 0 Å². The summed E-state index contributed by atoms with van der Waals surface area (Å²) in [5.74, 6) is 1.23. The molecule has 0 unspecified atom stereocenters. The van der Waals surface area contributed by atoms with Gasteiger partial charge in [-0.05, 0) is 12.1 Å². The summed E-state index contributed by atoms with van der Waals surface area (Å²) in [6.45, 7) is 1.23. The Morgan fingerprint density at radius 2 is 2.04 bits per heavy atom. The Morgan fingerprint density at radius 3 is 2.88 bits per heavy atom. The van der Waals surface area contributed by atoms with Crippen LogP contribution in [0.15, 0.2) is 28.7 Å². The van der Waals surface area contributed by atoms with E-state index in [1.54, 1.807) is 4.68 Å². The van der Waals surface area contributed by atoms with Gasteiger partial charge in [0.2, 0.25) is 5.95 Å². The lowest BCUT2D eigenvalue weighted by Gasteiger charge is -2.15. The highest BCUT2D eigenvalue weighted by Gasteiger charge is 2.28. The molecule has 0 bridgehead atoms. The smallest absolute Gasteiger partial charge is 0.228 e. The molecule has 0 spiro atoms. The highest BCUT2D eigenvalue weighted by Crippen LogP contribution is 2.35. The van der Waals surface area contributed by atoms with Crippen LogP contribution in [0.3, 0.4) is 0 Å². The maximum Gasteiger partial charge on any atom is 0.228 e. The molecule has 120 valence electrons. The van der Waals surface area contributed by atoms with Crippen LogP contribution in [0.1, 0.15) is 11.3 Å². The molecule has 4 aromatic rings. The standard InChI is InChI=1S/C16H13ClN6O/c1-22-15(18)9-6-23(7-10(9)21-22)16-19-12-8-4-2-3-5-11(8)24-13(12)14(17)20-16/h2-5H,6-7,18H2,1H3. The van der Waals surface area contributed by atoms with Gasteiger partial charge in [0.1, 0.15) is 16.9 Å². The second-order valence-corrected chi connectivity index (χ2v) is 6.24. The van der Waals surface area contributed by atoms with Crippen LogP contribution in [-0.2, 0) is 20.1 Å². The van der Waals surface area contributed by atoms with Crippen molar-refractivity contribution >= 4 is 45.4 Å². The number of para-hydroxylation sites is 1. The number of aromatic nitrogens is 4. The molecule has 3 aromatic heterocycles. The third kappa shape index (κ3) is 1.75. The van der Waals surface area contributed by atoms with Crippen LogP contribution < -0.4 is 10.6 Å². The van der Waals surface area contributed by atoms with Gasteiger partial charge >= 0.3 is 0 Å². The van der Waals surface area contributed by atoms with Crippen molar-refractivity contribution in [2.24, 2.45) is 7.05 Å². The summed E-state index contributed by atoms with van der Waals surface area (Å²) >= 11 is 6.34. The van der Waals surface area contributed by atoms with E-state index in [1.807, 2.05) is 36.2 Å². The first kappa shape index (κ1) is 13.6. The van der Waals surface area contributed by atoms with E-state index in [-0.39, 0.29) is 0 Å². The van der Waals surface area contributed by atoms with Gasteiger partial charge in [0.25, 0.3) is 0 Å². The summed E-state index contributed by atoms with van der Waals surface area (Å²) < 4.78 is 7.47. The summed E-state index contributed by atoms with van der Waals surface area (Å²) in [5, 5.41) is 5.67. The third-order valence-electron chi connectivity index (χ3n) is 4.42. The van der Waals surface area contributed by atoms with E-state index < -0.39 is 0 Å². The lowest BCUT2D eigenvalue weighted by molar-refractivity contribution is 0.664. The highest BCUT2D eigenvalue weighted by molar-refractivity contribution is 6.34. The number of rotatable bonds is 1. The molecule has 0 saturated carbocycles. The molecule has 0 radical (unpaired) electrons. The number of nitrogens with two attached hydrogens (primary N) is 1. The number of nitrogens with zero attached hydrogens (tertiary/aromatic N) is 5. The van der Waals surface area contributed by atoms with E-state index in [9.17, 15) is 0 Å². The molecule has 8 heteroatoms. The molecular weight excluding hydrogens is 328 g/mol. The zero-order valence-corrected chi connectivity index (χ0v) is 13.6. The second-order valence-electron chi connectivity index (χ2n) is 5.88.